The molecular weight excluding hydrogens is 336 g/mol. The van der Waals surface area contributed by atoms with Gasteiger partial charge in [0, 0.05) is 21.8 Å². The van der Waals surface area contributed by atoms with Crippen LogP contribution in [0.4, 0.5) is 0 Å². The highest BCUT2D eigenvalue weighted by Gasteiger charge is 2.05. The third kappa shape index (κ3) is 4.37. The number of hydrogen-bond donors (Lipinski definition) is 1. The van der Waals surface area contributed by atoms with Gasteiger partial charge >= 0.3 is 0 Å². The Morgan fingerprint density at radius 1 is 1.08 bits per heavy atom. The quantitative estimate of drug-likeness (QED) is 0.740. The molecule has 0 radical (unpaired) electrons. The fourth-order valence-electron chi connectivity index (χ4n) is 2.47. The van der Waals surface area contributed by atoms with Crippen molar-refractivity contribution in [1.82, 2.24) is 4.98 Å². The molecule has 5 heteroatoms. The number of ether oxygens (including phenoxy) is 1. The number of aromatic nitrogens is 1. The van der Waals surface area contributed by atoms with Crippen molar-refractivity contribution in [3.05, 3.63) is 82.5 Å². The summed E-state index contributed by atoms with van der Waals surface area (Å²) < 4.78 is 5.79. The predicted molar refractivity (Wildman–Crippen MR) is 98.7 cm³/mol. The zero-order valence-electron chi connectivity index (χ0n) is 13.7. The van der Waals surface area contributed by atoms with Crippen LogP contribution in [-0.2, 0) is 6.61 Å². The van der Waals surface area contributed by atoms with Gasteiger partial charge in [-0.3, -0.25) is 9.78 Å². The van der Waals surface area contributed by atoms with Gasteiger partial charge in [-0.05, 0) is 61.0 Å². The summed E-state index contributed by atoms with van der Waals surface area (Å²) in [7, 11) is 0. The van der Waals surface area contributed by atoms with Crippen LogP contribution in [0.15, 0.2) is 60.7 Å². The number of primary amides is 1. The minimum Gasteiger partial charge on any atom is -0.489 e. The number of pyridine rings is 1. The molecule has 1 amide bonds. The first-order chi connectivity index (χ1) is 12.0. The number of amides is 1. The molecule has 0 saturated carbocycles. The molecule has 126 valence electrons. The monoisotopic (exact) mass is 352 g/mol. The first kappa shape index (κ1) is 17.0. The van der Waals surface area contributed by atoms with Crippen molar-refractivity contribution in [1.29, 1.82) is 0 Å². The van der Waals surface area contributed by atoms with Gasteiger partial charge in [0.15, 0.2) is 0 Å². The molecule has 0 fully saturated rings. The Hall–Kier alpha value is -2.85. The molecular formula is C20H17ClN2O2. The molecule has 0 aliphatic heterocycles. The molecule has 0 aliphatic carbocycles. The summed E-state index contributed by atoms with van der Waals surface area (Å²) >= 11 is 5.94. The van der Waals surface area contributed by atoms with Crippen molar-refractivity contribution in [3.8, 4) is 17.0 Å². The fourth-order valence-corrected chi connectivity index (χ4v) is 2.60. The van der Waals surface area contributed by atoms with Crippen LogP contribution in [0.5, 0.6) is 5.75 Å². The zero-order valence-corrected chi connectivity index (χ0v) is 14.5. The molecule has 0 saturated heterocycles. The summed E-state index contributed by atoms with van der Waals surface area (Å²) in [6, 6.07) is 18.3. The van der Waals surface area contributed by atoms with E-state index in [1.807, 2.05) is 43.3 Å². The summed E-state index contributed by atoms with van der Waals surface area (Å²) in [5, 5.41) is 0.694. The van der Waals surface area contributed by atoms with Crippen molar-refractivity contribution in [3.63, 3.8) is 0 Å². The van der Waals surface area contributed by atoms with Crippen molar-refractivity contribution < 1.29 is 9.53 Å². The maximum atomic E-state index is 11.1. The van der Waals surface area contributed by atoms with E-state index < -0.39 is 5.91 Å². The van der Waals surface area contributed by atoms with Crippen LogP contribution in [0, 0.1) is 6.92 Å². The Morgan fingerprint density at radius 3 is 2.40 bits per heavy atom. The molecule has 3 aromatic rings. The fraction of sp³-hybridized carbons (Fsp3) is 0.100. The second-order valence-electron chi connectivity index (χ2n) is 5.69. The minimum atomic E-state index is -0.455. The molecule has 0 unspecified atom stereocenters. The van der Waals surface area contributed by atoms with E-state index in [0.29, 0.717) is 22.9 Å². The molecule has 2 N–H and O–H groups in total. The number of nitrogens with zero attached hydrogens (tertiary/aromatic N) is 1. The van der Waals surface area contributed by atoms with Gasteiger partial charge in [-0.1, -0.05) is 23.7 Å². The lowest BCUT2D eigenvalue weighted by Crippen LogP contribution is -2.10. The van der Waals surface area contributed by atoms with Crippen LogP contribution in [-0.4, -0.2) is 10.9 Å². The van der Waals surface area contributed by atoms with Crippen LogP contribution < -0.4 is 10.5 Å². The SMILES string of the molecule is Cc1cc(COc2ccc(C(N)=O)cc2)cc(-c2ccc(Cl)cc2)n1. The Balaban J connectivity index is 1.76. The maximum absolute atomic E-state index is 11.1. The van der Waals surface area contributed by atoms with E-state index in [1.54, 1.807) is 24.3 Å². The van der Waals surface area contributed by atoms with E-state index in [2.05, 4.69) is 4.98 Å². The van der Waals surface area contributed by atoms with Crippen LogP contribution in [0.1, 0.15) is 21.6 Å². The van der Waals surface area contributed by atoms with Crippen molar-refractivity contribution in [2.24, 2.45) is 5.73 Å². The van der Waals surface area contributed by atoms with Crippen LogP contribution in [0.2, 0.25) is 5.02 Å². The summed E-state index contributed by atoms with van der Waals surface area (Å²) in [6.07, 6.45) is 0. The van der Waals surface area contributed by atoms with Gasteiger partial charge in [0.2, 0.25) is 5.91 Å². The standard InChI is InChI=1S/C20H17ClN2O2/c1-13-10-14(11-19(23-13)15-2-6-17(21)7-3-15)12-25-18-8-4-16(5-9-18)20(22)24/h2-11H,12H2,1H3,(H2,22,24). The molecule has 0 aliphatic rings. The number of benzene rings is 2. The molecule has 3 rings (SSSR count). The van der Waals surface area contributed by atoms with Crippen molar-refractivity contribution in [2.45, 2.75) is 13.5 Å². The summed E-state index contributed by atoms with van der Waals surface area (Å²) in [5.74, 6) is 0.219. The molecule has 1 heterocycles. The van der Waals surface area contributed by atoms with E-state index in [9.17, 15) is 4.79 Å². The largest absolute Gasteiger partial charge is 0.489 e. The second-order valence-corrected chi connectivity index (χ2v) is 6.12. The molecule has 0 spiro atoms. The van der Waals surface area contributed by atoms with E-state index in [0.717, 1.165) is 22.5 Å². The Labute approximate surface area is 151 Å². The highest BCUT2D eigenvalue weighted by molar-refractivity contribution is 6.30. The van der Waals surface area contributed by atoms with Gasteiger partial charge in [-0.25, -0.2) is 0 Å². The molecule has 2 aromatic carbocycles. The number of halogens is 1. The third-order valence-electron chi connectivity index (χ3n) is 3.70. The number of aryl methyl sites for hydroxylation is 1. The highest BCUT2D eigenvalue weighted by Crippen LogP contribution is 2.22. The van der Waals surface area contributed by atoms with Crippen LogP contribution in [0.3, 0.4) is 0 Å². The minimum absolute atomic E-state index is 0.403. The molecule has 4 nitrogen and oxygen atoms in total. The highest BCUT2D eigenvalue weighted by atomic mass is 35.5. The molecule has 0 atom stereocenters. The average molecular weight is 353 g/mol. The average Bonchev–Trinajstić information content (AvgIpc) is 2.60. The van der Waals surface area contributed by atoms with Gasteiger partial charge in [0.1, 0.15) is 12.4 Å². The van der Waals surface area contributed by atoms with Crippen molar-refractivity contribution >= 4 is 17.5 Å². The molecule has 0 bridgehead atoms. The second kappa shape index (κ2) is 7.36. The van der Waals surface area contributed by atoms with Crippen LogP contribution in [0.25, 0.3) is 11.3 Å². The first-order valence-corrected chi connectivity index (χ1v) is 8.15. The number of hydrogen-bond acceptors (Lipinski definition) is 3. The normalized spacial score (nSPS) is 10.5. The zero-order chi connectivity index (χ0) is 17.8. The van der Waals surface area contributed by atoms with E-state index in [-0.39, 0.29) is 0 Å². The first-order valence-electron chi connectivity index (χ1n) is 7.77. The van der Waals surface area contributed by atoms with Crippen molar-refractivity contribution in [2.75, 3.05) is 0 Å². The number of carbonyl (C=O) groups is 1. The lowest BCUT2D eigenvalue weighted by Gasteiger charge is -2.10. The predicted octanol–water partition coefficient (Wildman–Crippen LogP) is 4.39. The van der Waals surface area contributed by atoms with Crippen LogP contribution >= 0.6 is 11.6 Å². The smallest absolute Gasteiger partial charge is 0.248 e. The van der Waals surface area contributed by atoms with Gasteiger partial charge < -0.3 is 10.5 Å². The Kier molecular flexibility index (Phi) is 5.00. The Morgan fingerprint density at radius 2 is 1.76 bits per heavy atom. The third-order valence-corrected chi connectivity index (χ3v) is 3.95. The summed E-state index contributed by atoms with van der Waals surface area (Å²) in [4.78, 5) is 15.7. The van der Waals surface area contributed by atoms with Gasteiger partial charge in [0.05, 0.1) is 5.69 Å². The lowest BCUT2D eigenvalue weighted by atomic mass is 10.1. The Bertz CT molecular complexity index is 891. The van der Waals surface area contributed by atoms with Gasteiger partial charge in [-0.2, -0.15) is 0 Å². The van der Waals surface area contributed by atoms with E-state index in [1.165, 1.54) is 0 Å². The van der Waals surface area contributed by atoms with Gasteiger partial charge in [-0.15, -0.1) is 0 Å². The van der Waals surface area contributed by atoms with E-state index in [4.69, 9.17) is 22.1 Å². The number of nitrogens with two attached hydrogens (primary N) is 1. The topological polar surface area (TPSA) is 65.2 Å². The molecule has 1 aromatic heterocycles. The molecule has 25 heavy (non-hydrogen) atoms. The van der Waals surface area contributed by atoms with E-state index >= 15 is 0 Å². The maximum Gasteiger partial charge on any atom is 0.248 e. The lowest BCUT2D eigenvalue weighted by molar-refractivity contribution is 0.1000. The van der Waals surface area contributed by atoms with Gasteiger partial charge in [0.25, 0.3) is 0 Å². The summed E-state index contributed by atoms with van der Waals surface area (Å²) in [5.41, 5.74) is 9.48. The summed E-state index contributed by atoms with van der Waals surface area (Å²) in [6.45, 7) is 2.35. The number of carbonyl (C=O) groups excluding carboxylic acids is 1. The number of rotatable bonds is 5.